The molecule has 0 aliphatic carbocycles. The lowest BCUT2D eigenvalue weighted by atomic mass is 10.2. The number of nitro groups is 1. The van der Waals surface area contributed by atoms with Crippen LogP contribution in [0.1, 0.15) is 26.7 Å². The second-order valence-electron chi connectivity index (χ2n) is 6.55. The van der Waals surface area contributed by atoms with Crippen LogP contribution in [-0.4, -0.2) is 68.9 Å². The molecule has 0 spiro atoms. The van der Waals surface area contributed by atoms with Gasteiger partial charge in [0.1, 0.15) is 5.69 Å². The molecule has 1 aliphatic heterocycles. The Hall–Kier alpha value is -1.71. The monoisotopic (exact) mass is 384 g/mol. The standard InChI is InChI=1S/C17H28N4O4S/c1-4-6-9-19(5-2)16-8-7-15(14-17(16)21(22)23)26(24,25)20-12-10-18(3)11-13-20/h7-8,14H,4-6,9-13H2,1-3H3. The molecule has 2 rings (SSSR count). The Morgan fingerprint density at radius 1 is 1.19 bits per heavy atom. The zero-order valence-electron chi connectivity index (χ0n) is 15.7. The van der Waals surface area contributed by atoms with E-state index in [0.717, 1.165) is 12.8 Å². The molecule has 1 aromatic rings. The lowest BCUT2D eigenvalue weighted by Gasteiger charge is -2.31. The second kappa shape index (κ2) is 8.79. The fourth-order valence-corrected chi connectivity index (χ4v) is 4.50. The number of benzene rings is 1. The van der Waals surface area contributed by atoms with Gasteiger partial charge in [0.15, 0.2) is 0 Å². The maximum absolute atomic E-state index is 12.9. The first-order chi connectivity index (χ1) is 12.3. The number of likely N-dealkylation sites (N-methyl/N-ethyl adjacent to an activating group) is 1. The third-order valence-corrected chi connectivity index (χ3v) is 6.64. The molecule has 1 aromatic carbocycles. The molecule has 1 saturated heterocycles. The molecule has 146 valence electrons. The molecule has 1 aliphatic rings. The van der Waals surface area contributed by atoms with Crippen molar-refractivity contribution < 1.29 is 13.3 Å². The molecule has 1 fully saturated rings. The number of hydrogen-bond acceptors (Lipinski definition) is 6. The van der Waals surface area contributed by atoms with Crippen LogP contribution in [-0.2, 0) is 10.0 Å². The summed E-state index contributed by atoms with van der Waals surface area (Å²) in [6, 6.07) is 4.27. The van der Waals surface area contributed by atoms with Gasteiger partial charge in [0.25, 0.3) is 5.69 Å². The molecular weight excluding hydrogens is 356 g/mol. The van der Waals surface area contributed by atoms with Crippen LogP contribution in [0.3, 0.4) is 0 Å². The van der Waals surface area contributed by atoms with E-state index in [2.05, 4.69) is 11.8 Å². The van der Waals surface area contributed by atoms with E-state index in [1.807, 2.05) is 18.9 Å². The largest absolute Gasteiger partial charge is 0.366 e. The molecule has 0 N–H and O–H groups in total. The van der Waals surface area contributed by atoms with Crippen LogP contribution in [0.4, 0.5) is 11.4 Å². The summed E-state index contributed by atoms with van der Waals surface area (Å²) in [5.74, 6) is 0. The first-order valence-electron chi connectivity index (χ1n) is 9.03. The van der Waals surface area contributed by atoms with Gasteiger partial charge in [0.2, 0.25) is 10.0 Å². The molecule has 0 atom stereocenters. The fourth-order valence-electron chi connectivity index (χ4n) is 3.05. The number of hydrogen-bond donors (Lipinski definition) is 0. The van der Waals surface area contributed by atoms with Gasteiger partial charge >= 0.3 is 0 Å². The van der Waals surface area contributed by atoms with E-state index in [1.54, 1.807) is 6.07 Å². The minimum Gasteiger partial charge on any atom is -0.366 e. The summed E-state index contributed by atoms with van der Waals surface area (Å²) in [5.41, 5.74) is 0.321. The average Bonchev–Trinajstić information content (AvgIpc) is 2.62. The van der Waals surface area contributed by atoms with Crippen molar-refractivity contribution in [2.24, 2.45) is 0 Å². The van der Waals surface area contributed by atoms with Crippen LogP contribution in [0.25, 0.3) is 0 Å². The number of anilines is 1. The lowest BCUT2D eigenvalue weighted by molar-refractivity contribution is -0.384. The Labute approximate surface area is 155 Å². The van der Waals surface area contributed by atoms with Gasteiger partial charge in [-0.15, -0.1) is 0 Å². The van der Waals surface area contributed by atoms with E-state index in [-0.39, 0.29) is 10.6 Å². The molecule has 0 saturated carbocycles. The number of nitrogens with zero attached hydrogens (tertiary/aromatic N) is 4. The third-order valence-electron chi connectivity index (χ3n) is 4.75. The van der Waals surface area contributed by atoms with Crippen molar-refractivity contribution in [2.75, 3.05) is 51.2 Å². The molecule has 0 bridgehead atoms. The minimum atomic E-state index is -3.72. The van der Waals surface area contributed by atoms with Gasteiger partial charge in [-0.1, -0.05) is 13.3 Å². The van der Waals surface area contributed by atoms with Gasteiger partial charge in [-0.05, 0) is 32.5 Å². The molecule has 8 nitrogen and oxygen atoms in total. The van der Waals surface area contributed by atoms with Crippen molar-refractivity contribution in [1.29, 1.82) is 0 Å². The molecule has 0 radical (unpaired) electrons. The van der Waals surface area contributed by atoms with Gasteiger partial charge in [-0.2, -0.15) is 4.31 Å². The van der Waals surface area contributed by atoms with E-state index in [0.29, 0.717) is 45.0 Å². The Kier molecular flexibility index (Phi) is 6.96. The molecular formula is C17H28N4O4S. The van der Waals surface area contributed by atoms with Crippen LogP contribution in [0.5, 0.6) is 0 Å². The van der Waals surface area contributed by atoms with Crippen LogP contribution in [0, 0.1) is 10.1 Å². The SMILES string of the molecule is CCCCN(CC)c1ccc(S(=O)(=O)N2CCN(C)CC2)cc1[N+](=O)[O-]. The predicted octanol–water partition coefficient (Wildman–Crippen LogP) is 2.16. The van der Waals surface area contributed by atoms with Crippen molar-refractivity contribution in [3.63, 3.8) is 0 Å². The van der Waals surface area contributed by atoms with Crippen LogP contribution in [0.2, 0.25) is 0 Å². The summed E-state index contributed by atoms with van der Waals surface area (Å²) in [5, 5.41) is 11.6. The summed E-state index contributed by atoms with van der Waals surface area (Å²) in [6.07, 6.45) is 1.91. The summed E-state index contributed by atoms with van der Waals surface area (Å²) in [4.78, 5) is 15.1. The highest BCUT2D eigenvalue weighted by Gasteiger charge is 2.30. The van der Waals surface area contributed by atoms with Gasteiger partial charge < -0.3 is 9.80 Å². The Morgan fingerprint density at radius 3 is 2.38 bits per heavy atom. The van der Waals surface area contributed by atoms with Crippen molar-refractivity contribution in [1.82, 2.24) is 9.21 Å². The molecule has 26 heavy (non-hydrogen) atoms. The highest BCUT2D eigenvalue weighted by Crippen LogP contribution is 2.32. The van der Waals surface area contributed by atoms with Crippen molar-refractivity contribution in [3.05, 3.63) is 28.3 Å². The quantitative estimate of drug-likeness (QED) is 0.504. The number of piperazine rings is 1. The fraction of sp³-hybridized carbons (Fsp3) is 0.647. The number of rotatable bonds is 8. The van der Waals surface area contributed by atoms with E-state index >= 15 is 0 Å². The number of unbranched alkanes of at least 4 members (excludes halogenated alkanes) is 1. The van der Waals surface area contributed by atoms with Crippen molar-refractivity contribution >= 4 is 21.4 Å². The molecule has 1 heterocycles. The number of sulfonamides is 1. The molecule has 0 unspecified atom stereocenters. The first-order valence-corrected chi connectivity index (χ1v) is 10.5. The zero-order chi connectivity index (χ0) is 19.3. The summed E-state index contributed by atoms with van der Waals surface area (Å²) in [7, 11) is -1.78. The van der Waals surface area contributed by atoms with Crippen LogP contribution < -0.4 is 4.90 Å². The minimum absolute atomic E-state index is 0.0101. The van der Waals surface area contributed by atoms with Crippen LogP contribution in [0.15, 0.2) is 23.1 Å². The van der Waals surface area contributed by atoms with Gasteiger partial charge in [0.05, 0.1) is 9.82 Å². The maximum Gasteiger partial charge on any atom is 0.293 e. The zero-order valence-corrected chi connectivity index (χ0v) is 16.5. The maximum atomic E-state index is 12.9. The molecule has 0 amide bonds. The van der Waals surface area contributed by atoms with Crippen LogP contribution >= 0.6 is 0 Å². The summed E-state index contributed by atoms with van der Waals surface area (Å²) >= 11 is 0. The number of nitro benzene ring substituents is 1. The topological polar surface area (TPSA) is 87.0 Å². The Morgan fingerprint density at radius 2 is 1.85 bits per heavy atom. The Bertz CT molecular complexity index is 730. The third kappa shape index (κ3) is 4.52. The molecule has 9 heteroatoms. The van der Waals surface area contributed by atoms with Gasteiger partial charge in [-0.25, -0.2) is 8.42 Å². The van der Waals surface area contributed by atoms with Crippen molar-refractivity contribution in [2.45, 2.75) is 31.6 Å². The van der Waals surface area contributed by atoms with E-state index in [9.17, 15) is 18.5 Å². The smallest absolute Gasteiger partial charge is 0.293 e. The summed E-state index contributed by atoms with van der Waals surface area (Å²) in [6.45, 7) is 7.43. The summed E-state index contributed by atoms with van der Waals surface area (Å²) < 4.78 is 27.1. The average molecular weight is 385 g/mol. The highest BCUT2D eigenvalue weighted by molar-refractivity contribution is 7.89. The predicted molar refractivity (Wildman–Crippen MR) is 102 cm³/mol. The normalized spacial score (nSPS) is 16.6. The van der Waals surface area contributed by atoms with Gasteiger partial charge in [0, 0.05) is 45.3 Å². The van der Waals surface area contributed by atoms with E-state index in [1.165, 1.54) is 16.4 Å². The lowest BCUT2D eigenvalue weighted by Crippen LogP contribution is -2.47. The Balaban J connectivity index is 2.36. The van der Waals surface area contributed by atoms with Gasteiger partial charge in [-0.3, -0.25) is 10.1 Å². The first kappa shape index (κ1) is 20.6. The molecule has 0 aromatic heterocycles. The highest BCUT2D eigenvalue weighted by atomic mass is 32.2. The van der Waals surface area contributed by atoms with Crippen molar-refractivity contribution in [3.8, 4) is 0 Å². The second-order valence-corrected chi connectivity index (χ2v) is 8.49. The van der Waals surface area contributed by atoms with E-state index < -0.39 is 14.9 Å². The van der Waals surface area contributed by atoms with E-state index in [4.69, 9.17) is 0 Å².